The van der Waals surface area contributed by atoms with Gasteiger partial charge in [-0.15, -0.1) is 0 Å². The fraction of sp³-hybridized carbons (Fsp3) is 0.167. The minimum absolute atomic E-state index is 0.0398. The second-order valence-corrected chi connectivity index (χ2v) is 8.81. The highest BCUT2D eigenvalue weighted by atomic mass is 32.2. The van der Waals surface area contributed by atoms with Gasteiger partial charge in [-0.05, 0) is 48.5 Å². The number of para-hydroxylation sites is 3. The summed E-state index contributed by atoms with van der Waals surface area (Å²) in [6.45, 7) is -0.579. The molecule has 10 heteroatoms. The molecule has 0 aliphatic rings. The number of nitrogens with zero attached hydrogens (tertiary/aromatic N) is 1. The van der Waals surface area contributed by atoms with E-state index in [4.69, 9.17) is 14.2 Å². The van der Waals surface area contributed by atoms with Gasteiger partial charge in [-0.1, -0.05) is 24.3 Å². The molecule has 1 N–H and O–H groups in total. The second kappa shape index (κ2) is 10.7. The first kappa shape index (κ1) is 24.6. The van der Waals surface area contributed by atoms with Crippen LogP contribution in [0.3, 0.4) is 0 Å². The number of anilines is 2. The van der Waals surface area contributed by atoms with Gasteiger partial charge in [0.1, 0.15) is 18.0 Å². The molecule has 3 aromatic carbocycles. The average molecular weight is 485 g/mol. The molecule has 0 bridgehead atoms. The molecule has 0 unspecified atom stereocenters. The number of benzene rings is 3. The Kier molecular flexibility index (Phi) is 7.75. The lowest BCUT2D eigenvalue weighted by Gasteiger charge is -2.25. The first-order chi connectivity index (χ1) is 16.3. The highest BCUT2D eigenvalue weighted by Gasteiger charge is 2.29. The maximum atomic E-state index is 13.6. The maximum Gasteiger partial charge on any atom is 0.339 e. The lowest BCUT2D eigenvalue weighted by atomic mass is 10.2. The molecule has 0 fully saturated rings. The lowest BCUT2D eigenvalue weighted by molar-refractivity contribution is -0.114. The Labute approximate surface area is 197 Å². The third-order valence-electron chi connectivity index (χ3n) is 4.89. The Balaban J connectivity index is 2.00. The van der Waals surface area contributed by atoms with E-state index in [2.05, 4.69) is 5.32 Å². The zero-order valence-electron chi connectivity index (χ0n) is 18.8. The number of esters is 1. The quantitative estimate of drug-likeness (QED) is 0.464. The van der Waals surface area contributed by atoms with Crippen LogP contribution in [0.2, 0.25) is 0 Å². The van der Waals surface area contributed by atoms with Crippen LogP contribution in [0.15, 0.2) is 77.7 Å². The summed E-state index contributed by atoms with van der Waals surface area (Å²) >= 11 is 0. The van der Waals surface area contributed by atoms with Gasteiger partial charge in [-0.25, -0.2) is 13.2 Å². The Bertz CT molecular complexity index is 1270. The Hall–Kier alpha value is -4.05. The number of methoxy groups -OCH3 is 3. The van der Waals surface area contributed by atoms with Gasteiger partial charge in [0, 0.05) is 0 Å². The van der Waals surface area contributed by atoms with Gasteiger partial charge in [0.2, 0.25) is 5.91 Å². The molecule has 0 aromatic heterocycles. The van der Waals surface area contributed by atoms with Crippen LogP contribution in [-0.2, 0) is 19.6 Å². The molecule has 34 heavy (non-hydrogen) atoms. The fourth-order valence-electron chi connectivity index (χ4n) is 3.21. The van der Waals surface area contributed by atoms with Gasteiger partial charge >= 0.3 is 5.97 Å². The standard InChI is InChI=1S/C24H24N2O7S/c1-31-17-12-14-18(15-13-17)34(29,30)26(21-10-6-7-11-22(21)32-2)16-23(27)25-20-9-5-4-8-19(20)24(28)33-3/h4-15H,16H2,1-3H3,(H,25,27). The van der Waals surface area contributed by atoms with Crippen molar-refractivity contribution in [3.63, 3.8) is 0 Å². The number of carbonyl (C=O) groups excluding carboxylic acids is 2. The number of hydrogen-bond donors (Lipinski definition) is 1. The molecule has 0 saturated carbocycles. The number of amides is 1. The molecular formula is C24H24N2O7S. The van der Waals surface area contributed by atoms with Crippen LogP contribution in [-0.4, -0.2) is 48.2 Å². The predicted octanol–water partition coefficient (Wildman–Crippen LogP) is 3.32. The summed E-state index contributed by atoms with van der Waals surface area (Å²) in [5.74, 6) is -0.551. The summed E-state index contributed by atoms with van der Waals surface area (Å²) in [6, 6.07) is 18.5. The molecule has 3 rings (SSSR count). The summed E-state index contributed by atoms with van der Waals surface area (Å²) < 4.78 is 43.3. The molecular weight excluding hydrogens is 460 g/mol. The third-order valence-corrected chi connectivity index (χ3v) is 6.67. The van der Waals surface area contributed by atoms with Gasteiger partial charge in [-0.3, -0.25) is 9.10 Å². The van der Waals surface area contributed by atoms with Crippen molar-refractivity contribution in [2.75, 3.05) is 37.5 Å². The summed E-state index contributed by atoms with van der Waals surface area (Å²) in [5.41, 5.74) is 0.513. The first-order valence-corrected chi connectivity index (χ1v) is 11.5. The van der Waals surface area contributed by atoms with Gasteiger partial charge in [0.15, 0.2) is 0 Å². The lowest BCUT2D eigenvalue weighted by Crippen LogP contribution is -2.38. The molecule has 0 aliphatic heterocycles. The Morgan fingerprint density at radius 3 is 2.15 bits per heavy atom. The topological polar surface area (TPSA) is 111 Å². The molecule has 178 valence electrons. The van der Waals surface area contributed by atoms with E-state index < -0.39 is 28.4 Å². The van der Waals surface area contributed by atoms with Crippen molar-refractivity contribution in [1.29, 1.82) is 0 Å². The number of sulfonamides is 1. The van der Waals surface area contributed by atoms with Gasteiger partial charge < -0.3 is 19.5 Å². The van der Waals surface area contributed by atoms with E-state index in [1.807, 2.05) is 0 Å². The molecule has 0 aliphatic carbocycles. The average Bonchev–Trinajstić information content (AvgIpc) is 2.87. The van der Waals surface area contributed by atoms with Crippen LogP contribution >= 0.6 is 0 Å². The second-order valence-electron chi connectivity index (χ2n) is 6.94. The molecule has 1 amide bonds. The molecule has 0 spiro atoms. The van der Waals surface area contributed by atoms with Crippen LogP contribution in [0, 0.1) is 0 Å². The van der Waals surface area contributed by atoms with Crippen LogP contribution in [0.1, 0.15) is 10.4 Å². The van der Waals surface area contributed by atoms with E-state index >= 15 is 0 Å². The highest BCUT2D eigenvalue weighted by Crippen LogP contribution is 2.32. The molecule has 3 aromatic rings. The summed E-state index contributed by atoms with van der Waals surface area (Å²) in [4.78, 5) is 25.0. The van der Waals surface area contributed by atoms with E-state index in [0.717, 1.165) is 4.31 Å². The number of carbonyl (C=O) groups is 2. The number of nitrogens with one attached hydrogen (secondary N) is 1. The fourth-order valence-corrected chi connectivity index (χ4v) is 4.64. The molecule has 9 nitrogen and oxygen atoms in total. The van der Waals surface area contributed by atoms with Crippen molar-refractivity contribution < 1.29 is 32.2 Å². The molecule has 0 heterocycles. The zero-order valence-corrected chi connectivity index (χ0v) is 19.7. The first-order valence-electron chi connectivity index (χ1n) is 10.1. The van der Waals surface area contributed by atoms with Crippen molar-refractivity contribution in [3.8, 4) is 11.5 Å². The van der Waals surface area contributed by atoms with E-state index in [1.54, 1.807) is 30.3 Å². The summed E-state index contributed by atoms with van der Waals surface area (Å²) in [5, 5.41) is 2.60. The number of rotatable bonds is 9. The van der Waals surface area contributed by atoms with E-state index in [1.165, 1.54) is 63.8 Å². The van der Waals surface area contributed by atoms with Crippen molar-refractivity contribution in [2.45, 2.75) is 4.90 Å². The minimum Gasteiger partial charge on any atom is -0.497 e. The maximum absolute atomic E-state index is 13.6. The van der Waals surface area contributed by atoms with Crippen LogP contribution in [0.4, 0.5) is 11.4 Å². The van der Waals surface area contributed by atoms with E-state index in [0.29, 0.717) is 5.75 Å². The SMILES string of the molecule is COC(=O)c1ccccc1NC(=O)CN(c1ccccc1OC)S(=O)(=O)c1ccc(OC)cc1. The van der Waals surface area contributed by atoms with Crippen LogP contribution in [0.25, 0.3) is 0 Å². The molecule has 0 radical (unpaired) electrons. The summed E-state index contributed by atoms with van der Waals surface area (Å²) in [7, 11) is -0.0771. The minimum atomic E-state index is -4.18. The Morgan fingerprint density at radius 1 is 0.853 bits per heavy atom. The highest BCUT2D eigenvalue weighted by molar-refractivity contribution is 7.92. The molecule has 0 saturated heterocycles. The van der Waals surface area contributed by atoms with Crippen LogP contribution in [0.5, 0.6) is 11.5 Å². The normalized spacial score (nSPS) is 10.8. The van der Waals surface area contributed by atoms with E-state index in [9.17, 15) is 18.0 Å². The number of ether oxygens (including phenoxy) is 3. The third kappa shape index (κ3) is 5.29. The van der Waals surface area contributed by atoms with Gasteiger partial charge in [-0.2, -0.15) is 0 Å². The largest absolute Gasteiger partial charge is 0.497 e. The van der Waals surface area contributed by atoms with Gasteiger partial charge in [0.05, 0.1) is 43.2 Å². The smallest absolute Gasteiger partial charge is 0.339 e. The van der Waals surface area contributed by atoms with Crippen LogP contribution < -0.4 is 19.1 Å². The van der Waals surface area contributed by atoms with Gasteiger partial charge in [0.25, 0.3) is 10.0 Å². The van der Waals surface area contributed by atoms with Crippen molar-refractivity contribution in [2.24, 2.45) is 0 Å². The van der Waals surface area contributed by atoms with Crippen molar-refractivity contribution in [3.05, 3.63) is 78.4 Å². The van der Waals surface area contributed by atoms with Crippen molar-refractivity contribution >= 4 is 33.3 Å². The number of hydrogen-bond acceptors (Lipinski definition) is 7. The zero-order chi connectivity index (χ0) is 24.7. The summed E-state index contributed by atoms with van der Waals surface area (Å²) in [6.07, 6.45) is 0. The van der Waals surface area contributed by atoms with Crippen molar-refractivity contribution in [1.82, 2.24) is 0 Å². The predicted molar refractivity (Wildman–Crippen MR) is 127 cm³/mol. The monoisotopic (exact) mass is 484 g/mol. The Morgan fingerprint density at radius 2 is 1.50 bits per heavy atom. The molecule has 0 atom stereocenters. The van der Waals surface area contributed by atoms with E-state index in [-0.39, 0.29) is 27.6 Å².